The van der Waals surface area contributed by atoms with Gasteiger partial charge in [-0.1, -0.05) is 6.07 Å². The minimum atomic E-state index is -0.872. The minimum absolute atomic E-state index is 0.240. The molecule has 1 N–H and O–H groups in total. The summed E-state index contributed by atoms with van der Waals surface area (Å²) in [6.45, 7) is 2.10. The number of aliphatic hydroxyl groups excluding tert-OH is 1. The monoisotopic (exact) mass is 346 g/mol. The van der Waals surface area contributed by atoms with Gasteiger partial charge >= 0.3 is 0 Å². The smallest absolute Gasteiger partial charge is 0.159 e. The van der Waals surface area contributed by atoms with Crippen LogP contribution in [0.5, 0.6) is 0 Å². The highest BCUT2D eigenvalue weighted by atomic mass is 19.2. The third-order valence-corrected chi connectivity index (χ3v) is 5.05. The molecule has 5 nitrogen and oxygen atoms in total. The summed E-state index contributed by atoms with van der Waals surface area (Å²) in [4.78, 5) is 13.1. The Kier molecular flexibility index (Phi) is 4.13. The number of β-amino-alcohol motifs (C(OH)–C–C–N with tert-alkyl or cyclic N) is 1. The van der Waals surface area contributed by atoms with Crippen molar-refractivity contribution in [3.05, 3.63) is 53.0 Å². The van der Waals surface area contributed by atoms with Gasteiger partial charge in [0.05, 0.1) is 17.8 Å². The summed E-state index contributed by atoms with van der Waals surface area (Å²) >= 11 is 0. The molecule has 1 aromatic heterocycles. The molecule has 25 heavy (non-hydrogen) atoms. The molecule has 0 aliphatic carbocycles. The lowest BCUT2D eigenvalue weighted by Crippen LogP contribution is -2.32. The average Bonchev–Trinajstić information content (AvgIpc) is 2.98. The average molecular weight is 346 g/mol. The summed E-state index contributed by atoms with van der Waals surface area (Å²) < 4.78 is 27.0. The molecule has 4 rings (SSSR count). The van der Waals surface area contributed by atoms with Gasteiger partial charge in [0.1, 0.15) is 12.1 Å². The fourth-order valence-corrected chi connectivity index (χ4v) is 3.79. The molecule has 3 heterocycles. The highest BCUT2D eigenvalue weighted by Gasteiger charge is 2.35. The third kappa shape index (κ3) is 2.98. The third-order valence-electron chi connectivity index (χ3n) is 5.05. The molecule has 1 fully saturated rings. The number of hydrogen-bond acceptors (Lipinski definition) is 5. The Bertz CT molecular complexity index is 801. The topological polar surface area (TPSA) is 52.5 Å². The van der Waals surface area contributed by atoms with Crippen molar-refractivity contribution in [2.24, 2.45) is 0 Å². The molecular formula is C18H20F2N4O. The zero-order valence-electron chi connectivity index (χ0n) is 14.0. The predicted octanol–water partition coefficient (Wildman–Crippen LogP) is 2.05. The molecule has 0 saturated carbocycles. The number of hydrogen-bond donors (Lipinski definition) is 1. The molecule has 0 radical (unpaired) electrons. The summed E-state index contributed by atoms with van der Waals surface area (Å²) in [6, 6.07) is 3.69. The second-order valence-electron chi connectivity index (χ2n) is 6.84. The fraction of sp³-hybridized carbons (Fsp3) is 0.444. The number of likely N-dealkylation sites (N-methyl/N-ethyl adjacent to an activating group) is 1. The van der Waals surface area contributed by atoms with Crippen LogP contribution in [0.15, 0.2) is 24.5 Å². The Morgan fingerprint density at radius 1 is 1.20 bits per heavy atom. The van der Waals surface area contributed by atoms with Crippen LogP contribution in [0.2, 0.25) is 0 Å². The van der Waals surface area contributed by atoms with E-state index in [0.29, 0.717) is 18.5 Å². The van der Waals surface area contributed by atoms with Crippen molar-refractivity contribution < 1.29 is 13.9 Å². The van der Waals surface area contributed by atoms with Gasteiger partial charge in [0.15, 0.2) is 11.6 Å². The number of aliphatic hydroxyl groups is 1. The second-order valence-corrected chi connectivity index (χ2v) is 6.84. The quantitative estimate of drug-likeness (QED) is 0.902. The van der Waals surface area contributed by atoms with Crippen molar-refractivity contribution in [1.29, 1.82) is 0 Å². The Balaban J connectivity index is 1.74. The molecule has 1 aromatic carbocycles. The molecule has 0 bridgehead atoms. The molecule has 2 atom stereocenters. The summed E-state index contributed by atoms with van der Waals surface area (Å²) in [5, 5.41) is 10.2. The molecule has 1 saturated heterocycles. The first-order valence-electron chi connectivity index (χ1n) is 8.44. The van der Waals surface area contributed by atoms with Crippen molar-refractivity contribution in [1.82, 2.24) is 14.9 Å². The zero-order valence-corrected chi connectivity index (χ0v) is 14.0. The summed E-state index contributed by atoms with van der Waals surface area (Å²) in [5.74, 6) is -0.957. The largest absolute Gasteiger partial charge is 0.391 e. The number of rotatable bonds is 2. The molecule has 7 heteroatoms. The summed E-state index contributed by atoms with van der Waals surface area (Å²) in [7, 11) is 2.05. The van der Waals surface area contributed by atoms with Crippen LogP contribution < -0.4 is 4.90 Å². The van der Waals surface area contributed by atoms with Gasteiger partial charge in [0.25, 0.3) is 0 Å². The van der Waals surface area contributed by atoms with Crippen LogP contribution in [0.1, 0.15) is 29.3 Å². The fourth-order valence-electron chi connectivity index (χ4n) is 3.79. The Labute approximate surface area is 144 Å². The Morgan fingerprint density at radius 2 is 2.04 bits per heavy atom. The van der Waals surface area contributed by atoms with Gasteiger partial charge in [-0.3, -0.25) is 0 Å². The van der Waals surface area contributed by atoms with Crippen LogP contribution in [-0.2, 0) is 13.0 Å². The van der Waals surface area contributed by atoms with Gasteiger partial charge in [-0.25, -0.2) is 18.7 Å². The van der Waals surface area contributed by atoms with Crippen molar-refractivity contribution >= 4 is 5.82 Å². The van der Waals surface area contributed by atoms with Crippen LogP contribution in [0.25, 0.3) is 0 Å². The predicted molar refractivity (Wildman–Crippen MR) is 89.1 cm³/mol. The molecule has 2 aromatic rings. The first-order valence-corrected chi connectivity index (χ1v) is 8.44. The lowest BCUT2D eigenvalue weighted by atomic mass is 10.0. The van der Waals surface area contributed by atoms with Crippen molar-refractivity contribution in [3.8, 4) is 0 Å². The second kappa shape index (κ2) is 6.31. The lowest BCUT2D eigenvalue weighted by Gasteiger charge is -2.32. The summed E-state index contributed by atoms with van der Waals surface area (Å²) in [6.07, 6.45) is 2.32. The zero-order chi connectivity index (χ0) is 17.6. The first kappa shape index (κ1) is 16.4. The standard InChI is InChI=1S/C18H20F2N4O/c1-23-5-4-16-13(9-23)18(22-10-21-16)24-8-12(25)7-17(24)11-2-3-14(19)15(20)6-11/h2-3,6,10,12,17,25H,4-5,7-9H2,1H3/t12-,17-/m0/s1. The van der Waals surface area contributed by atoms with E-state index in [1.54, 1.807) is 12.4 Å². The van der Waals surface area contributed by atoms with Crippen LogP contribution in [0.3, 0.4) is 0 Å². The van der Waals surface area contributed by atoms with E-state index in [4.69, 9.17) is 0 Å². The maximum absolute atomic E-state index is 13.7. The van der Waals surface area contributed by atoms with Gasteiger partial charge < -0.3 is 14.9 Å². The normalized spacial score (nSPS) is 23.8. The van der Waals surface area contributed by atoms with E-state index < -0.39 is 17.7 Å². The SMILES string of the molecule is CN1CCc2ncnc(N3C[C@@H](O)C[C@H]3c3ccc(F)c(F)c3)c2C1. The van der Waals surface area contributed by atoms with Crippen molar-refractivity contribution in [3.63, 3.8) is 0 Å². The van der Waals surface area contributed by atoms with E-state index in [0.717, 1.165) is 42.7 Å². The van der Waals surface area contributed by atoms with E-state index in [-0.39, 0.29) is 6.04 Å². The highest BCUT2D eigenvalue weighted by molar-refractivity contribution is 5.53. The number of nitrogens with zero attached hydrogens (tertiary/aromatic N) is 4. The van der Waals surface area contributed by atoms with Gasteiger partial charge in [0.2, 0.25) is 0 Å². The summed E-state index contributed by atoms with van der Waals surface area (Å²) in [5.41, 5.74) is 2.72. The van der Waals surface area contributed by atoms with Crippen LogP contribution in [0, 0.1) is 11.6 Å². The Morgan fingerprint density at radius 3 is 2.84 bits per heavy atom. The molecule has 2 aliphatic heterocycles. The van der Waals surface area contributed by atoms with Gasteiger partial charge in [-0.2, -0.15) is 0 Å². The molecular weight excluding hydrogens is 326 g/mol. The lowest BCUT2D eigenvalue weighted by molar-refractivity contribution is 0.194. The highest BCUT2D eigenvalue weighted by Crippen LogP contribution is 2.38. The van der Waals surface area contributed by atoms with Crippen LogP contribution in [0.4, 0.5) is 14.6 Å². The van der Waals surface area contributed by atoms with Gasteiger partial charge in [0, 0.05) is 31.6 Å². The number of halogens is 2. The maximum Gasteiger partial charge on any atom is 0.159 e. The van der Waals surface area contributed by atoms with Gasteiger partial charge in [-0.15, -0.1) is 0 Å². The van der Waals surface area contributed by atoms with E-state index in [9.17, 15) is 13.9 Å². The van der Waals surface area contributed by atoms with E-state index in [1.165, 1.54) is 6.07 Å². The number of fused-ring (bicyclic) bond motifs is 1. The molecule has 2 aliphatic rings. The minimum Gasteiger partial charge on any atom is -0.391 e. The van der Waals surface area contributed by atoms with E-state index >= 15 is 0 Å². The van der Waals surface area contributed by atoms with Gasteiger partial charge in [-0.05, 0) is 31.2 Å². The molecule has 0 spiro atoms. The van der Waals surface area contributed by atoms with E-state index in [2.05, 4.69) is 14.9 Å². The molecule has 132 valence electrons. The molecule has 0 amide bonds. The number of anilines is 1. The number of benzene rings is 1. The Hall–Kier alpha value is -2.12. The van der Waals surface area contributed by atoms with Crippen molar-refractivity contribution in [2.45, 2.75) is 31.5 Å². The maximum atomic E-state index is 13.7. The first-order chi connectivity index (χ1) is 12.0. The molecule has 0 unspecified atom stereocenters. The van der Waals surface area contributed by atoms with Crippen LogP contribution in [-0.4, -0.2) is 46.2 Å². The van der Waals surface area contributed by atoms with Crippen molar-refractivity contribution in [2.75, 3.05) is 25.0 Å². The van der Waals surface area contributed by atoms with E-state index in [1.807, 2.05) is 11.9 Å². The number of aromatic nitrogens is 2. The van der Waals surface area contributed by atoms with Crippen LogP contribution >= 0.6 is 0 Å².